The van der Waals surface area contributed by atoms with Gasteiger partial charge in [0, 0.05) is 5.57 Å². The van der Waals surface area contributed by atoms with Crippen molar-refractivity contribution in [2.24, 2.45) is 0 Å². The number of aryl methyl sites for hydroxylation is 2. The van der Waals surface area contributed by atoms with Crippen LogP contribution < -0.4 is 4.74 Å². The number of fused-ring (bicyclic) bond motifs is 1. The summed E-state index contributed by atoms with van der Waals surface area (Å²) in [6.07, 6.45) is 14.8. The van der Waals surface area contributed by atoms with Crippen molar-refractivity contribution in [2.75, 3.05) is 6.61 Å². The fourth-order valence-electron chi connectivity index (χ4n) is 4.04. The zero-order chi connectivity index (χ0) is 22.9. The normalized spacial score (nSPS) is 19.7. The van der Waals surface area contributed by atoms with E-state index in [-0.39, 0.29) is 12.2 Å². The summed E-state index contributed by atoms with van der Waals surface area (Å²) in [5.41, 5.74) is 5.12. The molecule has 1 atom stereocenters. The zero-order valence-corrected chi connectivity index (χ0v) is 19.5. The van der Waals surface area contributed by atoms with Crippen LogP contribution in [-0.4, -0.2) is 28.7 Å². The maximum atomic E-state index is 10.7. The molecule has 1 aromatic rings. The van der Waals surface area contributed by atoms with Gasteiger partial charge in [0.15, 0.2) is 0 Å². The number of carbonyl (C=O) groups is 1. The molecule has 31 heavy (non-hydrogen) atoms. The van der Waals surface area contributed by atoms with E-state index in [0.29, 0.717) is 11.3 Å². The Kier molecular flexibility index (Phi) is 9.57. The molecule has 0 saturated carbocycles. The molecule has 1 heterocycles. The van der Waals surface area contributed by atoms with Crippen molar-refractivity contribution in [3.8, 4) is 11.5 Å². The molecule has 0 saturated heterocycles. The van der Waals surface area contributed by atoms with Crippen LogP contribution >= 0.6 is 0 Å². The average Bonchev–Trinajstić information content (AvgIpc) is 2.72. The summed E-state index contributed by atoms with van der Waals surface area (Å²) in [4.78, 5) is 10.7. The average molecular weight is 427 g/mol. The summed E-state index contributed by atoms with van der Waals surface area (Å²) < 4.78 is 6.38. The SMILES string of the molecule is C/C(=C\CC/C(C)=C/CCC1(C)CCc2cc(O)cc(C)c2O1)CC/C=C(/C=O)CO. The largest absolute Gasteiger partial charge is 0.508 e. The highest BCUT2D eigenvalue weighted by Gasteiger charge is 2.31. The molecule has 0 fully saturated rings. The van der Waals surface area contributed by atoms with Crippen LogP contribution in [0.4, 0.5) is 0 Å². The smallest absolute Gasteiger partial charge is 0.148 e. The van der Waals surface area contributed by atoms with Gasteiger partial charge in [0.2, 0.25) is 0 Å². The third kappa shape index (κ3) is 8.02. The van der Waals surface area contributed by atoms with E-state index in [1.807, 2.05) is 19.1 Å². The number of hydrogen-bond donors (Lipinski definition) is 2. The lowest BCUT2D eigenvalue weighted by molar-refractivity contribution is -0.105. The molecular weight excluding hydrogens is 388 g/mol. The Labute approximate surface area is 187 Å². The number of phenolic OH excluding ortho intramolecular Hbond substituents is 1. The molecule has 0 radical (unpaired) electrons. The maximum Gasteiger partial charge on any atom is 0.148 e. The number of ether oxygens (including phenoxy) is 1. The van der Waals surface area contributed by atoms with Crippen molar-refractivity contribution in [1.29, 1.82) is 0 Å². The molecule has 0 aromatic heterocycles. The van der Waals surface area contributed by atoms with E-state index in [0.717, 1.165) is 74.5 Å². The van der Waals surface area contributed by atoms with Gasteiger partial charge in [-0.15, -0.1) is 0 Å². The molecular formula is C27H38O4. The predicted molar refractivity (Wildman–Crippen MR) is 127 cm³/mol. The molecule has 0 bridgehead atoms. The van der Waals surface area contributed by atoms with E-state index in [1.54, 1.807) is 6.07 Å². The monoisotopic (exact) mass is 426 g/mol. The van der Waals surface area contributed by atoms with E-state index in [2.05, 4.69) is 32.9 Å². The number of aldehydes is 1. The molecule has 170 valence electrons. The van der Waals surface area contributed by atoms with Crippen LogP contribution in [0.2, 0.25) is 0 Å². The second-order valence-electron chi connectivity index (χ2n) is 9.07. The van der Waals surface area contributed by atoms with Crippen LogP contribution in [0.15, 0.2) is 47.1 Å². The lowest BCUT2D eigenvalue weighted by Gasteiger charge is -2.36. The summed E-state index contributed by atoms with van der Waals surface area (Å²) >= 11 is 0. The standard InChI is InChI=1S/C27H38O4/c1-20(10-6-12-23(18-28)19-29)8-5-9-21(2)11-7-14-27(4)15-13-24-17-25(30)16-22(3)26(24)31-27/h8,11-12,16-18,29-30H,5-7,9-10,13-15,19H2,1-4H3/b20-8+,21-11+,23-12-. The number of carbonyl (C=O) groups excluding carboxylic acids is 1. The summed E-state index contributed by atoms with van der Waals surface area (Å²) in [7, 11) is 0. The predicted octanol–water partition coefficient (Wildman–Crippen LogP) is 6.14. The Morgan fingerprint density at radius 1 is 1.10 bits per heavy atom. The van der Waals surface area contributed by atoms with Crippen molar-refractivity contribution in [1.82, 2.24) is 0 Å². The first-order valence-electron chi connectivity index (χ1n) is 11.3. The molecule has 1 aliphatic heterocycles. The number of benzene rings is 1. The zero-order valence-electron chi connectivity index (χ0n) is 19.5. The number of aromatic hydroxyl groups is 1. The molecule has 1 unspecified atom stereocenters. The fourth-order valence-corrected chi connectivity index (χ4v) is 4.04. The van der Waals surface area contributed by atoms with E-state index in [1.165, 1.54) is 11.1 Å². The van der Waals surface area contributed by atoms with Gasteiger partial charge in [-0.2, -0.15) is 0 Å². The second-order valence-corrected chi connectivity index (χ2v) is 9.07. The Hall–Kier alpha value is -2.33. The Morgan fingerprint density at radius 2 is 1.74 bits per heavy atom. The minimum Gasteiger partial charge on any atom is -0.508 e. The van der Waals surface area contributed by atoms with Crippen LogP contribution in [0.3, 0.4) is 0 Å². The van der Waals surface area contributed by atoms with Gasteiger partial charge in [0.1, 0.15) is 23.4 Å². The van der Waals surface area contributed by atoms with Gasteiger partial charge in [-0.05, 0) is 102 Å². The van der Waals surface area contributed by atoms with Crippen molar-refractivity contribution in [3.63, 3.8) is 0 Å². The molecule has 4 nitrogen and oxygen atoms in total. The molecule has 0 spiro atoms. The van der Waals surface area contributed by atoms with Crippen LogP contribution in [0.5, 0.6) is 11.5 Å². The topological polar surface area (TPSA) is 66.8 Å². The minimum absolute atomic E-state index is 0.162. The number of hydrogen-bond acceptors (Lipinski definition) is 4. The molecule has 0 amide bonds. The van der Waals surface area contributed by atoms with Gasteiger partial charge >= 0.3 is 0 Å². The Morgan fingerprint density at radius 3 is 2.39 bits per heavy atom. The number of allylic oxidation sites excluding steroid dienone is 5. The third-order valence-electron chi connectivity index (χ3n) is 6.08. The van der Waals surface area contributed by atoms with E-state index in [9.17, 15) is 9.90 Å². The number of aliphatic hydroxyl groups is 1. The van der Waals surface area contributed by atoms with Crippen molar-refractivity contribution in [3.05, 3.63) is 58.2 Å². The van der Waals surface area contributed by atoms with E-state index >= 15 is 0 Å². The highest BCUT2D eigenvalue weighted by molar-refractivity contribution is 5.73. The first kappa shape index (κ1) is 24.9. The van der Waals surface area contributed by atoms with Crippen molar-refractivity contribution >= 4 is 6.29 Å². The van der Waals surface area contributed by atoms with Gasteiger partial charge in [0.25, 0.3) is 0 Å². The van der Waals surface area contributed by atoms with Gasteiger partial charge in [-0.1, -0.05) is 29.4 Å². The fraction of sp³-hybridized carbons (Fsp3) is 0.519. The molecule has 2 rings (SSSR count). The van der Waals surface area contributed by atoms with Crippen LogP contribution in [0, 0.1) is 6.92 Å². The number of aliphatic hydroxyl groups excluding tert-OH is 1. The van der Waals surface area contributed by atoms with E-state index in [4.69, 9.17) is 9.84 Å². The van der Waals surface area contributed by atoms with Crippen LogP contribution in [-0.2, 0) is 11.2 Å². The van der Waals surface area contributed by atoms with Gasteiger partial charge in [-0.25, -0.2) is 0 Å². The number of rotatable bonds is 11. The molecule has 1 aromatic carbocycles. The quantitative estimate of drug-likeness (QED) is 0.253. The Bertz CT molecular complexity index is 847. The summed E-state index contributed by atoms with van der Waals surface area (Å²) in [6, 6.07) is 3.60. The van der Waals surface area contributed by atoms with Crippen molar-refractivity contribution < 1.29 is 19.7 Å². The van der Waals surface area contributed by atoms with Crippen molar-refractivity contribution in [2.45, 2.75) is 84.7 Å². The van der Waals surface area contributed by atoms with Gasteiger partial charge in [0.05, 0.1) is 6.61 Å². The second kappa shape index (κ2) is 11.9. The van der Waals surface area contributed by atoms with Crippen LogP contribution in [0.1, 0.15) is 76.8 Å². The summed E-state index contributed by atoms with van der Waals surface area (Å²) in [5, 5.41) is 18.8. The van der Waals surface area contributed by atoms with Crippen LogP contribution in [0.25, 0.3) is 0 Å². The third-order valence-corrected chi connectivity index (χ3v) is 6.08. The van der Waals surface area contributed by atoms with Gasteiger partial charge < -0.3 is 14.9 Å². The first-order valence-corrected chi connectivity index (χ1v) is 11.3. The first-order chi connectivity index (χ1) is 14.8. The van der Waals surface area contributed by atoms with E-state index < -0.39 is 0 Å². The molecule has 4 heteroatoms. The highest BCUT2D eigenvalue weighted by atomic mass is 16.5. The lowest BCUT2D eigenvalue weighted by atomic mass is 9.87. The maximum absolute atomic E-state index is 10.7. The molecule has 0 aliphatic carbocycles. The highest BCUT2D eigenvalue weighted by Crippen LogP contribution is 2.39. The minimum atomic E-state index is -0.184. The number of phenols is 1. The molecule has 2 N–H and O–H groups in total. The van der Waals surface area contributed by atoms with Gasteiger partial charge in [-0.3, -0.25) is 4.79 Å². The Balaban J connectivity index is 1.77. The molecule has 1 aliphatic rings. The summed E-state index contributed by atoms with van der Waals surface area (Å²) in [6.45, 7) is 8.31. The lowest BCUT2D eigenvalue weighted by Crippen LogP contribution is -2.36. The summed E-state index contributed by atoms with van der Waals surface area (Å²) in [5.74, 6) is 1.26.